The maximum atomic E-state index is 13.6. The summed E-state index contributed by atoms with van der Waals surface area (Å²) in [6.45, 7) is 3.43. The average molecular weight is 539 g/mol. The predicted molar refractivity (Wildman–Crippen MR) is 155 cm³/mol. The Balaban J connectivity index is 1.44. The summed E-state index contributed by atoms with van der Waals surface area (Å²) in [5.74, 6) is 0.705. The number of allylic oxidation sites excluding steroid dienone is 1. The van der Waals surface area contributed by atoms with Gasteiger partial charge in [-0.3, -0.25) is 4.79 Å². The van der Waals surface area contributed by atoms with Crippen molar-refractivity contribution in [3.05, 3.63) is 100 Å². The predicted octanol–water partition coefficient (Wildman–Crippen LogP) is 6.30. The van der Waals surface area contributed by atoms with E-state index in [4.69, 9.17) is 19.3 Å². The average Bonchev–Trinajstić information content (AvgIpc) is 3.38. The zero-order valence-corrected chi connectivity index (χ0v) is 23.3. The Morgan fingerprint density at radius 3 is 2.30 bits per heavy atom. The van der Waals surface area contributed by atoms with Gasteiger partial charge in [0, 0.05) is 5.92 Å². The number of hydrazone groups is 1. The number of carbonyl (C=O) groups is 2. The van der Waals surface area contributed by atoms with Crippen molar-refractivity contribution in [1.29, 1.82) is 0 Å². The molecule has 0 aromatic heterocycles. The second-order valence-electron chi connectivity index (χ2n) is 10.2. The Kier molecular flexibility index (Phi) is 8.01. The van der Waals surface area contributed by atoms with E-state index in [0.717, 1.165) is 64.3 Å². The SMILES string of the molecule is COc1ccc(C=C2CCCC3C2=NN(C(=O)COC(=O)c2cccc(C)c2C)C3c2ccc(OC)cc2)cc1. The molecule has 1 saturated carbocycles. The number of methoxy groups -OCH3 is 2. The molecule has 40 heavy (non-hydrogen) atoms. The molecule has 1 heterocycles. The standard InChI is InChI=1S/C33H34N2O5/c1-21-7-5-9-28(22(21)2)33(37)40-20-30(36)35-32(24-13-17-27(39-4)18-14-24)29-10-6-8-25(31(29)34-35)19-23-11-15-26(38-3)16-12-23/h5,7,9,11-19,29,32H,6,8,10,20H2,1-4H3. The number of benzene rings is 3. The Morgan fingerprint density at radius 1 is 0.950 bits per heavy atom. The Morgan fingerprint density at radius 2 is 1.62 bits per heavy atom. The van der Waals surface area contributed by atoms with Gasteiger partial charge in [-0.1, -0.05) is 36.4 Å². The van der Waals surface area contributed by atoms with Crippen LogP contribution in [0.4, 0.5) is 0 Å². The smallest absolute Gasteiger partial charge is 0.338 e. The molecule has 2 aliphatic rings. The van der Waals surface area contributed by atoms with E-state index in [1.165, 1.54) is 5.01 Å². The monoisotopic (exact) mass is 538 g/mol. The fraction of sp³-hybridized carbons (Fsp3) is 0.303. The highest BCUT2D eigenvalue weighted by Gasteiger charge is 2.44. The van der Waals surface area contributed by atoms with Gasteiger partial charge in [-0.25, -0.2) is 9.80 Å². The molecule has 0 saturated heterocycles. The highest BCUT2D eigenvalue weighted by Crippen LogP contribution is 2.44. The van der Waals surface area contributed by atoms with Crippen LogP contribution in [0.5, 0.6) is 11.5 Å². The van der Waals surface area contributed by atoms with Gasteiger partial charge in [-0.05, 0) is 97.3 Å². The summed E-state index contributed by atoms with van der Waals surface area (Å²) >= 11 is 0. The number of rotatable bonds is 7. The molecule has 7 nitrogen and oxygen atoms in total. The van der Waals surface area contributed by atoms with Crippen molar-refractivity contribution in [2.45, 2.75) is 39.2 Å². The molecular formula is C33H34N2O5. The zero-order chi connectivity index (χ0) is 28.2. The van der Waals surface area contributed by atoms with Crippen LogP contribution in [0.3, 0.4) is 0 Å². The number of hydrogen-bond donors (Lipinski definition) is 0. The molecule has 3 aromatic rings. The van der Waals surface area contributed by atoms with Crippen LogP contribution in [0, 0.1) is 19.8 Å². The summed E-state index contributed by atoms with van der Waals surface area (Å²) in [4.78, 5) is 26.5. The molecule has 5 rings (SSSR count). The molecule has 0 spiro atoms. The van der Waals surface area contributed by atoms with Crippen LogP contribution in [0.25, 0.3) is 6.08 Å². The number of amides is 1. The van der Waals surface area contributed by atoms with Gasteiger partial charge in [0.25, 0.3) is 5.91 Å². The molecule has 7 heteroatoms. The minimum Gasteiger partial charge on any atom is -0.497 e. The molecule has 0 N–H and O–H groups in total. The van der Waals surface area contributed by atoms with Crippen LogP contribution in [-0.4, -0.2) is 43.4 Å². The lowest BCUT2D eigenvalue weighted by molar-refractivity contribution is -0.137. The van der Waals surface area contributed by atoms with Gasteiger partial charge < -0.3 is 14.2 Å². The fourth-order valence-electron chi connectivity index (χ4n) is 5.49. The third-order valence-corrected chi connectivity index (χ3v) is 7.82. The van der Waals surface area contributed by atoms with Crippen LogP contribution < -0.4 is 9.47 Å². The first kappa shape index (κ1) is 27.2. The highest BCUT2D eigenvalue weighted by atomic mass is 16.5. The Labute approximate surface area is 235 Å². The van der Waals surface area contributed by atoms with E-state index in [9.17, 15) is 9.59 Å². The number of aryl methyl sites for hydroxylation is 1. The quantitative estimate of drug-likeness (QED) is 0.330. The number of fused-ring (bicyclic) bond motifs is 1. The van der Waals surface area contributed by atoms with E-state index in [2.05, 4.69) is 6.08 Å². The molecule has 1 fully saturated rings. The first-order valence-electron chi connectivity index (χ1n) is 13.5. The zero-order valence-electron chi connectivity index (χ0n) is 23.3. The molecule has 0 radical (unpaired) electrons. The highest BCUT2D eigenvalue weighted by molar-refractivity contribution is 6.08. The molecule has 1 aliphatic carbocycles. The van der Waals surface area contributed by atoms with Crippen LogP contribution in [0.1, 0.15) is 57.9 Å². The number of nitrogens with zero attached hydrogens (tertiary/aromatic N) is 2. The van der Waals surface area contributed by atoms with Gasteiger partial charge in [-0.2, -0.15) is 5.10 Å². The lowest BCUT2D eigenvalue weighted by atomic mass is 9.77. The summed E-state index contributed by atoms with van der Waals surface area (Å²) in [5, 5.41) is 6.41. The van der Waals surface area contributed by atoms with Crippen LogP contribution in [0.2, 0.25) is 0 Å². The molecule has 2 atom stereocenters. The van der Waals surface area contributed by atoms with Gasteiger partial charge in [0.1, 0.15) is 11.5 Å². The summed E-state index contributed by atoms with van der Waals surface area (Å²) < 4.78 is 16.2. The molecule has 1 amide bonds. The Hall–Kier alpha value is -4.39. The van der Waals surface area contributed by atoms with E-state index >= 15 is 0 Å². The van der Waals surface area contributed by atoms with Gasteiger partial charge in [0.05, 0.1) is 31.5 Å². The van der Waals surface area contributed by atoms with Crippen molar-refractivity contribution < 1.29 is 23.8 Å². The second-order valence-corrected chi connectivity index (χ2v) is 10.2. The fourth-order valence-corrected chi connectivity index (χ4v) is 5.49. The van der Waals surface area contributed by atoms with Gasteiger partial charge in [-0.15, -0.1) is 0 Å². The number of carbonyl (C=O) groups excluding carboxylic acids is 2. The third kappa shape index (κ3) is 5.50. The number of hydrogen-bond acceptors (Lipinski definition) is 6. The van der Waals surface area contributed by atoms with Crippen LogP contribution in [0.15, 0.2) is 77.4 Å². The summed E-state index contributed by atoms with van der Waals surface area (Å²) in [7, 11) is 3.28. The minimum atomic E-state index is -0.514. The summed E-state index contributed by atoms with van der Waals surface area (Å²) in [6, 6.07) is 20.8. The van der Waals surface area contributed by atoms with E-state index < -0.39 is 5.97 Å². The molecular weight excluding hydrogens is 504 g/mol. The number of ether oxygens (including phenoxy) is 3. The number of esters is 1. The lowest BCUT2D eigenvalue weighted by Crippen LogP contribution is -2.34. The van der Waals surface area contributed by atoms with E-state index in [1.807, 2.05) is 74.5 Å². The van der Waals surface area contributed by atoms with Crippen LogP contribution >= 0.6 is 0 Å². The molecule has 206 valence electrons. The van der Waals surface area contributed by atoms with E-state index in [0.29, 0.717) is 5.56 Å². The maximum absolute atomic E-state index is 13.6. The first-order chi connectivity index (χ1) is 19.4. The first-order valence-corrected chi connectivity index (χ1v) is 13.5. The third-order valence-electron chi connectivity index (χ3n) is 7.82. The molecule has 3 aromatic carbocycles. The Bertz CT molecular complexity index is 1460. The van der Waals surface area contributed by atoms with Gasteiger partial charge in [0.2, 0.25) is 0 Å². The van der Waals surface area contributed by atoms with Gasteiger partial charge in [0.15, 0.2) is 6.61 Å². The van der Waals surface area contributed by atoms with Crippen molar-refractivity contribution in [2.75, 3.05) is 20.8 Å². The van der Waals surface area contributed by atoms with Crippen molar-refractivity contribution in [3.63, 3.8) is 0 Å². The normalized spacial score (nSPS) is 19.1. The largest absolute Gasteiger partial charge is 0.497 e. The van der Waals surface area contributed by atoms with Crippen molar-refractivity contribution >= 4 is 23.7 Å². The van der Waals surface area contributed by atoms with E-state index in [-0.39, 0.29) is 24.5 Å². The maximum Gasteiger partial charge on any atom is 0.338 e. The minimum absolute atomic E-state index is 0.0327. The molecule has 0 bridgehead atoms. The topological polar surface area (TPSA) is 77.4 Å². The van der Waals surface area contributed by atoms with Crippen molar-refractivity contribution in [1.82, 2.24) is 5.01 Å². The molecule has 2 unspecified atom stereocenters. The van der Waals surface area contributed by atoms with Gasteiger partial charge >= 0.3 is 5.97 Å². The van der Waals surface area contributed by atoms with E-state index in [1.54, 1.807) is 20.3 Å². The summed E-state index contributed by atoms with van der Waals surface area (Å²) in [5.41, 5.74) is 6.34. The second kappa shape index (κ2) is 11.8. The summed E-state index contributed by atoms with van der Waals surface area (Å²) in [6.07, 6.45) is 4.91. The van der Waals surface area contributed by atoms with Crippen molar-refractivity contribution in [2.24, 2.45) is 11.0 Å². The van der Waals surface area contributed by atoms with Crippen molar-refractivity contribution in [3.8, 4) is 11.5 Å². The molecule has 1 aliphatic heterocycles. The lowest BCUT2D eigenvalue weighted by Gasteiger charge is -2.29. The van der Waals surface area contributed by atoms with Crippen LogP contribution in [-0.2, 0) is 9.53 Å².